The highest BCUT2D eigenvalue weighted by Gasteiger charge is 2.58. The van der Waals surface area contributed by atoms with Gasteiger partial charge in [-0.1, -0.05) is 13.8 Å². The average Bonchev–Trinajstić information content (AvgIpc) is 2.87. The van der Waals surface area contributed by atoms with Crippen molar-refractivity contribution in [3.05, 3.63) is 0 Å². The van der Waals surface area contributed by atoms with E-state index < -0.39 is 0 Å². The van der Waals surface area contributed by atoms with E-state index >= 15 is 0 Å². The predicted molar refractivity (Wildman–Crippen MR) is 63.8 cm³/mol. The van der Waals surface area contributed by atoms with Gasteiger partial charge in [-0.25, -0.2) is 0 Å². The van der Waals surface area contributed by atoms with Crippen LogP contribution >= 0.6 is 0 Å². The van der Waals surface area contributed by atoms with Gasteiger partial charge >= 0.3 is 0 Å². The number of hydrogen-bond donors (Lipinski definition) is 1. The van der Waals surface area contributed by atoms with Gasteiger partial charge in [0.05, 0.1) is 12.1 Å². The van der Waals surface area contributed by atoms with Crippen LogP contribution in [0, 0.1) is 5.41 Å². The fourth-order valence-corrected chi connectivity index (χ4v) is 2.74. The zero-order valence-corrected chi connectivity index (χ0v) is 10.4. The molecular weight excluding hydrogens is 186 g/mol. The van der Waals surface area contributed by atoms with Crippen LogP contribution in [0.15, 0.2) is 4.99 Å². The lowest BCUT2D eigenvalue weighted by Crippen LogP contribution is -2.57. The Morgan fingerprint density at radius 3 is 2.53 bits per heavy atom. The molecule has 0 saturated heterocycles. The lowest BCUT2D eigenvalue weighted by Gasteiger charge is -2.44. The Bertz CT molecular complexity index is 293. The third-order valence-corrected chi connectivity index (χ3v) is 4.66. The fourth-order valence-electron chi connectivity index (χ4n) is 2.74. The van der Waals surface area contributed by atoms with Crippen LogP contribution in [0.3, 0.4) is 0 Å². The van der Waals surface area contributed by atoms with Crippen molar-refractivity contribution in [3.63, 3.8) is 0 Å². The molecule has 0 aromatic heterocycles. The molecule has 2 atom stereocenters. The Labute approximate surface area is 92.7 Å². The molecule has 3 nitrogen and oxygen atoms in total. The van der Waals surface area contributed by atoms with Crippen LogP contribution in [0.1, 0.15) is 47.0 Å². The van der Waals surface area contributed by atoms with Gasteiger partial charge in [-0.05, 0) is 38.5 Å². The van der Waals surface area contributed by atoms with Crippen LogP contribution in [0.25, 0.3) is 0 Å². The highest BCUT2D eigenvalue weighted by Crippen LogP contribution is 2.57. The third kappa shape index (κ3) is 1.35. The average molecular weight is 209 g/mol. The molecule has 1 fully saturated rings. The normalized spacial score (nSPS) is 35.2. The van der Waals surface area contributed by atoms with Gasteiger partial charge in [0, 0.05) is 6.04 Å². The zero-order chi connectivity index (χ0) is 11.3. The third-order valence-electron chi connectivity index (χ3n) is 4.66. The first-order valence-corrected chi connectivity index (χ1v) is 6.04. The Hall–Kier alpha value is -0.730. The fraction of sp³-hybridized carbons (Fsp3) is 0.917. The summed E-state index contributed by atoms with van der Waals surface area (Å²) in [5.74, 6) is 0.750. The van der Waals surface area contributed by atoms with Crippen molar-refractivity contribution in [2.24, 2.45) is 16.1 Å². The number of guanidine groups is 1. The molecule has 0 spiro atoms. The highest BCUT2D eigenvalue weighted by atomic mass is 15.4. The predicted octanol–water partition coefficient (Wildman–Crippen LogP) is 1.97. The summed E-state index contributed by atoms with van der Waals surface area (Å²) in [6.45, 7) is 10.0. The molecule has 2 rings (SSSR count). The van der Waals surface area contributed by atoms with Crippen LogP contribution in [0.5, 0.6) is 0 Å². The second-order valence-corrected chi connectivity index (χ2v) is 5.64. The van der Waals surface area contributed by atoms with E-state index in [0.717, 1.165) is 18.9 Å². The van der Waals surface area contributed by atoms with Crippen molar-refractivity contribution in [1.82, 2.24) is 4.90 Å². The SMILES string of the molecule is CCC(C)N1C(N)=NCC1(C)C1(C)CC1. The van der Waals surface area contributed by atoms with E-state index in [1.165, 1.54) is 12.8 Å². The molecule has 86 valence electrons. The van der Waals surface area contributed by atoms with E-state index in [1.807, 2.05) is 0 Å². The van der Waals surface area contributed by atoms with Crippen molar-refractivity contribution in [3.8, 4) is 0 Å². The smallest absolute Gasteiger partial charge is 0.192 e. The van der Waals surface area contributed by atoms with Gasteiger partial charge in [0.1, 0.15) is 0 Å². The van der Waals surface area contributed by atoms with Crippen LogP contribution < -0.4 is 5.73 Å². The van der Waals surface area contributed by atoms with E-state index in [-0.39, 0.29) is 5.54 Å². The maximum atomic E-state index is 6.03. The quantitative estimate of drug-likeness (QED) is 0.772. The molecule has 0 bridgehead atoms. The van der Waals surface area contributed by atoms with Gasteiger partial charge in [-0.2, -0.15) is 0 Å². The van der Waals surface area contributed by atoms with Crippen LogP contribution in [0.2, 0.25) is 0 Å². The van der Waals surface area contributed by atoms with Crippen molar-refractivity contribution < 1.29 is 0 Å². The summed E-state index contributed by atoms with van der Waals surface area (Å²) in [4.78, 5) is 6.83. The maximum absolute atomic E-state index is 6.03. The van der Waals surface area contributed by atoms with E-state index in [2.05, 4.69) is 37.6 Å². The summed E-state index contributed by atoms with van der Waals surface area (Å²) in [5.41, 5.74) is 6.62. The first-order chi connectivity index (χ1) is 6.94. The first-order valence-electron chi connectivity index (χ1n) is 6.04. The molecule has 3 heteroatoms. The molecule has 2 aliphatic rings. The Morgan fingerprint density at radius 2 is 2.07 bits per heavy atom. The van der Waals surface area contributed by atoms with Crippen LogP contribution in [-0.2, 0) is 0 Å². The molecule has 1 aliphatic heterocycles. The number of hydrogen-bond acceptors (Lipinski definition) is 3. The van der Waals surface area contributed by atoms with Gasteiger partial charge in [0.25, 0.3) is 0 Å². The number of nitrogens with zero attached hydrogens (tertiary/aromatic N) is 2. The van der Waals surface area contributed by atoms with Crippen molar-refractivity contribution in [2.45, 2.75) is 58.5 Å². The molecule has 1 heterocycles. The summed E-state index contributed by atoms with van der Waals surface area (Å²) in [6, 6.07) is 0.499. The molecule has 0 aromatic rings. The van der Waals surface area contributed by atoms with Gasteiger partial charge in [0.15, 0.2) is 5.96 Å². The standard InChI is InChI=1S/C12H23N3/c1-5-9(2)15-10(13)14-8-12(15,4)11(3)6-7-11/h9H,5-8H2,1-4H3,(H2,13,14). The van der Waals surface area contributed by atoms with Gasteiger partial charge in [-0.3, -0.25) is 4.99 Å². The lowest BCUT2D eigenvalue weighted by molar-refractivity contribution is 0.0979. The first kappa shape index (κ1) is 10.8. The topological polar surface area (TPSA) is 41.6 Å². The highest BCUT2D eigenvalue weighted by molar-refractivity contribution is 5.81. The van der Waals surface area contributed by atoms with Gasteiger partial charge in [0.2, 0.25) is 0 Å². The van der Waals surface area contributed by atoms with Crippen LogP contribution in [-0.4, -0.2) is 29.0 Å². The number of nitrogens with two attached hydrogens (primary N) is 1. The molecule has 0 radical (unpaired) electrons. The largest absolute Gasteiger partial charge is 0.370 e. The van der Waals surface area contributed by atoms with Gasteiger partial charge in [-0.15, -0.1) is 0 Å². The molecular formula is C12H23N3. The van der Waals surface area contributed by atoms with E-state index in [9.17, 15) is 0 Å². The van der Waals surface area contributed by atoms with Gasteiger partial charge < -0.3 is 10.6 Å². The van der Waals surface area contributed by atoms with Crippen LogP contribution in [0.4, 0.5) is 0 Å². The summed E-state index contributed by atoms with van der Waals surface area (Å²) < 4.78 is 0. The summed E-state index contributed by atoms with van der Waals surface area (Å²) in [7, 11) is 0. The number of rotatable bonds is 3. The molecule has 0 aromatic carbocycles. The maximum Gasteiger partial charge on any atom is 0.192 e. The molecule has 0 amide bonds. The molecule has 1 aliphatic carbocycles. The number of aliphatic imine (C=N–C) groups is 1. The molecule has 15 heavy (non-hydrogen) atoms. The second kappa shape index (κ2) is 3.13. The molecule has 1 saturated carbocycles. The van der Waals surface area contributed by atoms with Crippen molar-refractivity contribution in [1.29, 1.82) is 0 Å². The molecule has 2 unspecified atom stereocenters. The molecule has 2 N–H and O–H groups in total. The minimum atomic E-state index is 0.159. The minimum absolute atomic E-state index is 0.159. The Kier molecular flexibility index (Phi) is 2.25. The monoisotopic (exact) mass is 209 g/mol. The van der Waals surface area contributed by atoms with E-state index in [4.69, 9.17) is 5.73 Å². The summed E-state index contributed by atoms with van der Waals surface area (Å²) in [6.07, 6.45) is 3.76. The summed E-state index contributed by atoms with van der Waals surface area (Å²) in [5, 5.41) is 0. The van der Waals surface area contributed by atoms with Crippen molar-refractivity contribution >= 4 is 5.96 Å². The van der Waals surface area contributed by atoms with Crippen molar-refractivity contribution in [2.75, 3.05) is 6.54 Å². The Morgan fingerprint density at radius 1 is 1.47 bits per heavy atom. The lowest BCUT2D eigenvalue weighted by atomic mass is 9.82. The van der Waals surface area contributed by atoms with E-state index in [0.29, 0.717) is 11.5 Å². The van der Waals surface area contributed by atoms with E-state index in [1.54, 1.807) is 0 Å². The Balaban J connectivity index is 2.27. The zero-order valence-electron chi connectivity index (χ0n) is 10.4. The second-order valence-electron chi connectivity index (χ2n) is 5.64. The summed E-state index contributed by atoms with van der Waals surface area (Å²) >= 11 is 0. The minimum Gasteiger partial charge on any atom is -0.370 e.